The van der Waals surface area contributed by atoms with Crippen LogP contribution >= 0.6 is 0 Å². The zero-order valence-electron chi connectivity index (χ0n) is 16.1. The van der Waals surface area contributed by atoms with Crippen LogP contribution in [0.5, 0.6) is 11.5 Å². The molecule has 4 heteroatoms. The largest absolute Gasteiger partial charge is 0.485 e. The van der Waals surface area contributed by atoms with Crippen molar-refractivity contribution in [1.29, 1.82) is 0 Å². The van der Waals surface area contributed by atoms with Crippen molar-refractivity contribution in [3.8, 4) is 11.5 Å². The lowest BCUT2D eigenvalue weighted by atomic mass is 10.0. The molecule has 0 saturated heterocycles. The van der Waals surface area contributed by atoms with Crippen LogP contribution in [0.3, 0.4) is 0 Å². The third kappa shape index (κ3) is 4.10. The number of ether oxygens (including phenoxy) is 2. The van der Waals surface area contributed by atoms with E-state index in [1.807, 2.05) is 36.4 Å². The van der Waals surface area contributed by atoms with Crippen molar-refractivity contribution in [1.82, 2.24) is 5.32 Å². The van der Waals surface area contributed by atoms with Crippen molar-refractivity contribution in [3.05, 3.63) is 59.2 Å². The lowest BCUT2D eigenvalue weighted by molar-refractivity contribution is 0.0938. The molecule has 0 atom stereocenters. The highest BCUT2D eigenvalue weighted by Crippen LogP contribution is 2.41. The van der Waals surface area contributed by atoms with Gasteiger partial charge in [0.2, 0.25) is 0 Å². The molecule has 1 aliphatic heterocycles. The van der Waals surface area contributed by atoms with Gasteiger partial charge in [-0.25, -0.2) is 0 Å². The lowest BCUT2D eigenvalue weighted by Gasteiger charge is -2.18. The maximum absolute atomic E-state index is 12.3. The molecular weight excluding hydrogens is 338 g/mol. The molecule has 142 valence electrons. The van der Waals surface area contributed by atoms with Crippen LogP contribution in [0.15, 0.2) is 42.5 Å². The SMILES string of the molecule is CC1(C)Cc2cccc(OCc3ccc(C(=O)NC4CCCC4)cc3)c2O1. The first-order valence-electron chi connectivity index (χ1n) is 9.84. The maximum Gasteiger partial charge on any atom is 0.251 e. The van der Waals surface area contributed by atoms with Crippen LogP contribution in [0.25, 0.3) is 0 Å². The van der Waals surface area contributed by atoms with E-state index in [2.05, 4.69) is 25.2 Å². The predicted octanol–water partition coefficient (Wildman–Crippen LogP) is 4.65. The van der Waals surface area contributed by atoms with Gasteiger partial charge in [0.25, 0.3) is 5.91 Å². The van der Waals surface area contributed by atoms with E-state index < -0.39 is 0 Å². The fourth-order valence-corrected chi connectivity index (χ4v) is 3.95. The van der Waals surface area contributed by atoms with E-state index in [1.54, 1.807) is 0 Å². The second-order valence-corrected chi connectivity index (χ2v) is 8.22. The molecular formula is C23H27NO3. The van der Waals surface area contributed by atoms with Crippen LogP contribution in [0.4, 0.5) is 0 Å². The third-order valence-electron chi connectivity index (χ3n) is 5.36. The number of amides is 1. The summed E-state index contributed by atoms with van der Waals surface area (Å²) in [5.74, 6) is 1.65. The summed E-state index contributed by atoms with van der Waals surface area (Å²) in [6.07, 6.45) is 5.51. The molecule has 1 amide bonds. The van der Waals surface area contributed by atoms with Gasteiger partial charge in [-0.15, -0.1) is 0 Å². The topological polar surface area (TPSA) is 47.6 Å². The van der Waals surface area contributed by atoms with E-state index in [0.717, 1.165) is 36.3 Å². The van der Waals surface area contributed by atoms with E-state index in [1.165, 1.54) is 18.4 Å². The van der Waals surface area contributed by atoms with Crippen LogP contribution in [0.1, 0.15) is 61.0 Å². The molecule has 1 N–H and O–H groups in total. The molecule has 0 aromatic heterocycles. The second-order valence-electron chi connectivity index (χ2n) is 8.22. The first-order chi connectivity index (χ1) is 13.0. The van der Waals surface area contributed by atoms with Crippen molar-refractivity contribution >= 4 is 5.91 Å². The summed E-state index contributed by atoms with van der Waals surface area (Å²) >= 11 is 0. The van der Waals surface area contributed by atoms with Gasteiger partial charge in [-0.3, -0.25) is 4.79 Å². The molecule has 1 aliphatic carbocycles. The lowest BCUT2D eigenvalue weighted by Crippen LogP contribution is -2.32. The van der Waals surface area contributed by atoms with E-state index >= 15 is 0 Å². The van der Waals surface area contributed by atoms with Gasteiger partial charge in [0, 0.05) is 23.6 Å². The molecule has 4 nitrogen and oxygen atoms in total. The number of nitrogens with one attached hydrogen (secondary N) is 1. The molecule has 0 spiro atoms. The van der Waals surface area contributed by atoms with Crippen molar-refractivity contribution < 1.29 is 14.3 Å². The molecule has 0 radical (unpaired) electrons. The highest BCUT2D eigenvalue weighted by Gasteiger charge is 2.32. The Kier molecular flexibility index (Phi) is 4.81. The predicted molar refractivity (Wildman–Crippen MR) is 105 cm³/mol. The Morgan fingerprint density at radius 3 is 2.63 bits per heavy atom. The van der Waals surface area contributed by atoms with Crippen molar-refractivity contribution in [2.75, 3.05) is 0 Å². The van der Waals surface area contributed by atoms with E-state index in [-0.39, 0.29) is 11.5 Å². The van der Waals surface area contributed by atoms with Gasteiger partial charge in [-0.2, -0.15) is 0 Å². The van der Waals surface area contributed by atoms with Gasteiger partial charge in [0.1, 0.15) is 12.2 Å². The van der Waals surface area contributed by atoms with Gasteiger partial charge >= 0.3 is 0 Å². The number of carbonyl (C=O) groups is 1. The fraction of sp³-hybridized carbons (Fsp3) is 0.435. The summed E-state index contributed by atoms with van der Waals surface area (Å²) in [5.41, 5.74) is 2.74. The number of benzene rings is 2. The van der Waals surface area contributed by atoms with Gasteiger partial charge < -0.3 is 14.8 Å². The fourth-order valence-electron chi connectivity index (χ4n) is 3.95. The maximum atomic E-state index is 12.3. The summed E-state index contributed by atoms with van der Waals surface area (Å²) < 4.78 is 12.1. The van der Waals surface area contributed by atoms with Crippen LogP contribution in [0.2, 0.25) is 0 Å². The van der Waals surface area contributed by atoms with Gasteiger partial charge in [0.05, 0.1) is 0 Å². The van der Waals surface area contributed by atoms with Crippen LogP contribution < -0.4 is 14.8 Å². The van der Waals surface area contributed by atoms with Crippen molar-refractivity contribution in [3.63, 3.8) is 0 Å². The molecule has 2 aromatic rings. The Labute approximate surface area is 160 Å². The zero-order valence-corrected chi connectivity index (χ0v) is 16.1. The van der Waals surface area contributed by atoms with Crippen molar-refractivity contribution in [2.45, 2.75) is 64.2 Å². The van der Waals surface area contributed by atoms with Crippen LogP contribution in [-0.2, 0) is 13.0 Å². The Hall–Kier alpha value is -2.49. The minimum Gasteiger partial charge on any atom is -0.485 e. The van der Waals surface area contributed by atoms with Gasteiger partial charge in [-0.1, -0.05) is 37.1 Å². The summed E-state index contributed by atoms with van der Waals surface area (Å²) in [4.78, 5) is 12.3. The summed E-state index contributed by atoms with van der Waals surface area (Å²) in [6.45, 7) is 4.63. The monoisotopic (exact) mass is 365 g/mol. The normalized spacial score (nSPS) is 18.0. The average Bonchev–Trinajstić information content (AvgIpc) is 3.26. The first-order valence-corrected chi connectivity index (χ1v) is 9.84. The molecule has 1 heterocycles. The van der Waals surface area contributed by atoms with Gasteiger partial charge in [-0.05, 0) is 50.5 Å². The second kappa shape index (κ2) is 7.26. The highest BCUT2D eigenvalue weighted by molar-refractivity contribution is 5.94. The molecule has 0 unspecified atom stereocenters. The zero-order chi connectivity index (χ0) is 18.9. The summed E-state index contributed by atoms with van der Waals surface area (Å²) in [7, 11) is 0. The van der Waals surface area contributed by atoms with Gasteiger partial charge in [0.15, 0.2) is 11.5 Å². The van der Waals surface area contributed by atoms with Crippen LogP contribution in [0, 0.1) is 0 Å². The van der Waals surface area contributed by atoms with E-state index in [0.29, 0.717) is 18.2 Å². The number of hydrogen-bond donors (Lipinski definition) is 1. The number of fused-ring (bicyclic) bond motifs is 1. The summed E-state index contributed by atoms with van der Waals surface area (Å²) in [6, 6.07) is 14.0. The number of carbonyl (C=O) groups excluding carboxylic acids is 1. The van der Waals surface area contributed by atoms with Crippen molar-refractivity contribution in [2.24, 2.45) is 0 Å². The molecule has 1 saturated carbocycles. The molecule has 2 aliphatic rings. The Morgan fingerprint density at radius 1 is 1.15 bits per heavy atom. The molecule has 4 rings (SSSR count). The first kappa shape index (κ1) is 17.9. The summed E-state index contributed by atoms with van der Waals surface area (Å²) in [5, 5.41) is 3.12. The van der Waals surface area contributed by atoms with E-state index in [9.17, 15) is 4.79 Å². The minimum atomic E-state index is -0.184. The quantitative estimate of drug-likeness (QED) is 0.839. The van der Waals surface area contributed by atoms with E-state index in [4.69, 9.17) is 9.47 Å². The number of rotatable bonds is 5. The Bertz CT molecular complexity index is 820. The molecule has 2 aromatic carbocycles. The number of para-hydroxylation sites is 1. The third-order valence-corrected chi connectivity index (χ3v) is 5.36. The molecule has 0 bridgehead atoms. The molecule has 1 fully saturated rings. The minimum absolute atomic E-state index is 0.0193. The Morgan fingerprint density at radius 2 is 1.89 bits per heavy atom. The number of hydrogen-bond acceptors (Lipinski definition) is 3. The smallest absolute Gasteiger partial charge is 0.251 e. The Balaban J connectivity index is 1.37. The van der Waals surface area contributed by atoms with Crippen LogP contribution in [-0.4, -0.2) is 17.6 Å². The highest BCUT2D eigenvalue weighted by atomic mass is 16.5. The molecule has 27 heavy (non-hydrogen) atoms. The average molecular weight is 365 g/mol. The standard InChI is InChI=1S/C23H27NO3/c1-23(2)14-18-6-5-9-20(21(18)27-23)26-15-16-10-12-17(13-11-16)22(25)24-19-7-3-4-8-19/h5-6,9-13,19H,3-4,7-8,14-15H2,1-2H3,(H,24,25).